The van der Waals surface area contributed by atoms with E-state index in [1.54, 1.807) is 0 Å². The van der Waals surface area contributed by atoms with E-state index in [0.717, 1.165) is 34.5 Å². The quantitative estimate of drug-likeness (QED) is 0.597. The molecular formula is C24H26N2O. The summed E-state index contributed by atoms with van der Waals surface area (Å²) >= 11 is 0. The third kappa shape index (κ3) is 4.76. The highest BCUT2D eigenvalue weighted by atomic mass is 16.2. The molecule has 0 aliphatic rings. The maximum absolute atomic E-state index is 13.1. The van der Waals surface area contributed by atoms with Gasteiger partial charge >= 0.3 is 0 Å². The molecule has 0 fully saturated rings. The van der Waals surface area contributed by atoms with Gasteiger partial charge in [-0.15, -0.1) is 0 Å². The molecule has 0 unspecified atom stereocenters. The summed E-state index contributed by atoms with van der Waals surface area (Å²) in [5, 5.41) is 6.48. The number of anilines is 2. The van der Waals surface area contributed by atoms with E-state index in [9.17, 15) is 4.79 Å². The smallest absolute Gasteiger partial charge is 0.251 e. The van der Waals surface area contributed by atoms with Crippen molar-refractivity contribution in [3.63, 3.8) is 0 Å². The number of hydrogen-bond acceptors (Lipinski definition) is 2. The highest BCUT2D eigenvalue weighted by Gasteiger charge is 2.21. The lowest BCUT2D eigenvalue weighted by molar-refractivity contribution is -0.117. The monoisotopic (exact) mass is 358 g/mol. The summed E-state index contributed by atoms with van der Waals surface area (Å²) in [4.78, 5) is 13.1. The van der Waals surface area contributed by atoms with E-state index in [4.69, 9.17) is 0 Å². The van der Waals surface area contributed by atoms with E-state index in [2.05, 4.69) is 29.7 Å². The molecule has 3 aromatic rings. The van der Waals surface area contributed by atoms with Gasteiger partial charge in [0, 0.05) is 11.4 Å². The first-order chi connectivity index (χ1) is 13.1. The van der Waals surface area contributed by atoms with Crippen LogP contribution in [0.3, 0.4) is 0 Å². The molecule has 0 radical (unpaired) electrons. The zero-order valence-electron chi connectivity index (χ0n) is 16.1. The van der Waals surface area contributed by atoms with Crippen molar-refractivity contribution < 1.29 is 4.79 Å². The minimum absolute atomic E-state index is 0.0746. The Morgan fingerprint density at radius 1 is 0.926 bits per heavy atom. The van der Waals surface area contributed by atoms with Crippen molar-refractivity contribution in [2.45, 2.75) is 33.2 Å². The summed E-state index contributed by atoms with van der Waals surface area (Å²) in [6.45, 7) is 6.16. The largest absolute Gasteiger partial charge is 0.370 e. The molecule has 0 saturated heterocycles. The summed E-state index contributed by atoms with van der Waals surface area (Å²) in [5.74, 6) is -0.0746. The zero-order valence-corrected chi connectivity index (χ0v) is 16.1. The van der Waals surface area contributed by atoms with E-state index in [1.165, 1.54) is 5.56 Å². The van der Waals surface area contributed by atoms with Crippen LogP contribution in [0.25, 0.3) is 0 Å². The molecule has 3 aromatic carbocycles. The molecule has 0 aliphatic carbocycles. The van der Waals surface area contributed by atoms with Gasteiger partial charge in [0.05, 0.1) is 0 Å². The fourth-order valence-corrected chi connectivity index (χ4v) is 3.02. The van der Waals surface area contributed by atoms with Gasteiger partial charge in [0.1, 0.15) is 6.04 Å². The van der Waals surface area contributed by atoms with Crippen LogP contribution in [-0.4, -0.2) is 5.91 Å². The molecule has 0 aliphatic heterocycles. The summed E-state index contributed by atoms with van der Waals surface area (Å²) in [6.07, 6.45) is 0.996. The second-order valence-electron chi connectivity index (χ2n) is 6.85. The first kappa shape index (κ1) is 18.7. The Kier molecular flexibility index (Phi) is 5.92. The maximum Gasteiger partial charge on any atom is 0.251 e. The average Bonchev–Trinajstić information content (AvgIpc) is 2.70. The van der Waals surface area contributed by atoms with Crippen LogP contribution in [0.5, 0.6) is 0 Å². The van der Waals surface area contributed by atoms with Crippen LogP contribution in [0.15, 0.2) is 72.8 Å². The van der Waals surface area contributed by atoms with Crippen LogP contribution in [0.1, 0.15) is 35.2 Å². The van der Waals surface area contributed by atoms with Crippen molar-refractivity contribution in [2.24, 2.45) is 0 Å². The number of carbonyl (C=O) groups excluding carboxylic acids is 1. The van der Waals surface area contributed by atoms with E-state index < -0.39 is 6.04 Å². The molecule has 0 heterocycles. The highest BCUT2D eigenvalue weighted by Crippen LogP contribution is 2.24. The average molecular weight is 358 g/mol. The van der Waals surface area contributed by atoms with Crippen LogP contribution in [0.4, 0.5) is 11.4 Å². The fourth-order valence-electron chi connectivity index (χ4n) is 3.02. The van der Waals surface area contributed by atoms with Gasteiger partial charge in [-0.25, -0.2) is 0 Å². The van der Waals surface area contributed by atoms with Crippen molar-refractivity contribution in [3.05, 3.63) is 95.1 Å². The molecule has 1 atom stereocenters. The van der Waals surface area contributed by atoms with Crippen molar-refractivity contribution in [2.75, 3.05) is 10.6 Å². The lowest BCUT2D eigenvalue weighted by atomic mass is 10.0. The Morgan fingerprint density at radius 3 is 2.30 bits per heavy atom. The van der Waals surface area contributed by atoms with Gasteiger partial charge in [-0.1, -0.05) is 61.5 Å². The number of nitrogens with one attached hydrogen (secondary N) is 2. The summed E-state index contributed by atoms with van der Waals surface area (Å²) < 4.78 is 0. The van der Waals surface area contributed by atoms with Gasteiger partial charge in [0.15, 0.2) is 0 Å². The van der Waals surface area contributed by atoms with Crippen LogP contribution in [0, 0.1) is 13.8 Å². The predicted octanol–water partition coefficient (Wildman–Crippen LogP) is 5.66. The Hall–Kier alpha value is -3.07. The van der Waals surface area contributed by atoms with Crippen molar-refractivity contribution in [1.82, 2.24) is 0 Å². The third-order valence-electron chi connectivity index (χ3n) is 4.72. The van der Waals surface area contributed by atoms with Crippen LogP contribution >= 0.6 is 0 Å². The molecule has 138 valence electrons. The van der Waals surface area contributed by atoms with Gasteiger partial charge in [0.2, 0.25) is 0 Å². The normalized spacial score (nSPS) is 11.7. The van der Waals surface area contributed by atoms with Crippen LogP contribution < -0.4 is 10.6 Å². The minimum atomic E-state index is -0.474. The Balaban J connectivity index is 1.87. The highest BCUT2D eigenvalue weighted by molar-refractivity contribution is 5.97. The molecule has 0 aromatic heterocycles. The van der Waals surface area contributed by atoms with Crippen molar-refractivity contribution >= 4 is 17.3 Å². The maximum atomic E-state index is 13.1. The predicted molar refractivity (Wildman–Crippen MR) is 113 cm³/mol. The SMILES string of the molecule is CCc1ccc(N[C@H](C(=O)Nc2cc(C)ccc2C)c2ccccc2)cc1. The number of benzene rings is 3. The van der Waals surface area contributed by atoms with E-state index in [1.807, 2.05) is 74.5 Å². The number of aryl methyl sites for hydroxylation is 3. The van der Waals surface area contributed by atoms with Gasteiger partial charge in [-0.3, -0.25) is 4.79 Å². The summed E-state index contributed by atoms with van der Waals surface area (Å²) in [7, 11) is 0. The standard InChI is InChI=1S/C24H26N2O/c1-4-19-12-14-21(15-13-19)25-23(20-8-6-5-7-9-20)24(27)26-22-16-17(2)10-11-18(22)3/h5-16,23,25H,4H2,1-3H3,(H,26,27)/t23-/m0/s1. The number of hydrogen-bond donors (Lipinski definition) is 2. The van der Waals surface area contributed by atoms with Crippen LogP contribution in [0.2, 0.25) is 0 Å². The van der Waals surface area contributed by atoms with Crippen molar-refractivity contribution in [1.29, 1.82) is 0 Å². The first-order valence-corrected chi connectivity index (χ1v) is 9.35. The molecule has 27 heavy (non-hydrogen) atoms. The summed E-state index contributed by atoms with van der Waals surface area (Å²) in [5.41, 5.74) is 6.15. The molecule has 2 N–H and O–H groups in total. The Morgan fingerprint density at radius 2 is 1.63 bits per heavy atom. The van der Waals surface area contributed by atoms with Gasteiger partial charge in [-0.2, -0.15) is 0 Å². The lowest BCUT2D eigenvalue weighted by Crippen LogP contribution is -2.27. The second kappa shape index (κ2) is 8.54. The molecular weight excluding hydrogens is 332 g/mol. The topological polar surface area (TPSA) is 41.1 Å². The van der Waals surface area contributed by atoms with E-state index >= 15 is 0 Å². The molecule has 1 amide bonds. The first-order valence-electron chi connectivity index (χ1n) is 9.35. The minimum Gasteiger partial charge on any atom is -0.370 e. The zero-order chi connectivity index (χ0) is 19.2. The van der Waals surface area contributed by atoms with Crippen LogP contribution in [-0.2, 0) is 11.2 Å². The third-order valence-corrected chi connectivity index (χ3v) is 4.72. The Bertz CT molecular complexity index is 901. The fraction of sp³-hybridized carbons (Fsp3) is 0.208. The molecule has 3 heteroatoms. The van der Waals surface area contributed by atoms with Gasteiger partial charge < -0.3 is 10.6 Å². The number of rotatable bonds is 6. The second-order valence-corrected chi connectivity index (χ2v) is 6.85. The van der Waals surface area contributed by atoms with E-state index in [0.29, 0.717) is 0 Å². The van der Waals surface area contributed by atoms with Gasteiger partial charge in [-0.05, 0) is 60.7 Å². The lowest BCUT2D eigenvalue weighted by Gasteiger charge is -2.21. The Labute approximate surface area is 161 Å². The van der Waals surface area contributed by atoms with Crippen molar-refractivity contribution in [3.8, 4) is 0 Å². The summed E-state index contributed by atoms with van der Waals surface area (Å²) in [6, 6.07) is 23.7. The molecule has 0 bridgehead atoms. The van der Waals surface area contributed by atoms with E-state index in [-0.39, 0.29) is 5.91 Å². The molecule has 3 nitrogen and oxygen atoms in total. The number of carbonyl (C=O) groups is 1. The van der Waals surface area contributed by atoms with Gasteiger partial charge in [0.25, 0.3) is 5.91 Å². The molecule has 0 spiro atoms. The molecule has 0 saturated carbocycles. The number of amides is 1. The molecule has 3 rings (SSSR count).